The predicted octanol–water partition coefficient (Wildman–Crippen LogP) is 2.24. The van der Waals surface area contributed by atoms with Gasteiger partial charge in [-0.05, 0) is 32.7 Å². The molecule has 1 aliphatic heterocycles. The summed E-state index contributed by atoms with van der Waals surface area (Å²) in [6.45, 7) is 5.65. The lowest BCUT2D eigenvalue weighted by Gasteiger charge is -2.32. The molecular weight excluding hydrogens is 320 g/mol. The van der Waals surface area contributed by atoms with Crippen LogP contribution in [0.2, 0.25) is 0 Å². The number of unbranched alkanes of at least 4 members (excludes halogenated alkanes) is 1. The van der Waals surface area contributed by atoms with Gasteiger partial charge in [0.1, 0.15) is 18.4 Å². The molecule has 1 aliphatic rings. The minimum absolute atomic E-state index is 0.00718. The molecule has 1 saturated heterocycles. The van der Waals surface area contributed by atoms with Crippen molar-refractivity contribution < 1.29 is 9.32 Å². The summed E-state index contributed by atoms with van der Waals surface area (Å²) in [6.07, 6.45) is 8.37. The highest BCUT2D eigenvalue weighted by atomic mass is 16.5. The number of aromatic nitrogens is 4. The van der Waals surface area contributed by atoms with E-state index in [4.69, 9.17) is 4.52 Å². The third-order valence-electron chi connectivity index (χ3n) is 4.70. The van der Waals surface area contributed by atoms with Crippen LogP contribution in [0, 0.1) is 6.92 Å². The molecule has 0 unspecified atom stereocenters. The zero-order valence-corrected chi connectivity index (χ0v) is 14.9. The van der Waals surface area contributed by atoms with E-state index in [0.29, 0.717) is 17.6 Å². The molecule has 1 N–H and O–H groups in total. The third-order valence-corrected chi connectivity index (χ3v) is 4.70. The number of hydrogen-bond acceptors (Lipinski definition) is 6. The van der Waals surface area contributed by atoms with Crippen LogP contribution >= 0.6 is 0 Å². The molecular formula is C17H26N6O2. The van der Waals surface area contributed by atoms with Gasteiger partial charge in [-0.1, -0.05) is 24.9 Å². The molecule has 8 heteroatoms. The van der Waals surface area contributed by atoms with E-state index in [1.807, 2.05) is 11.6 Å². The number of anilines is 1. The van der Waals surface area contributed by atoms with Crippen LogP contribution in [0.4, 0.5) is 5.82 Å². The highest BCUT2D eigenvalue weighted by Gasteiger charge is 2.35. The minimum Gasteiger partial charge on any atom is -0.360 e. The van der Waals surface area contributed by atoms with Crippen molar-refractivity contribution in [2.45, 2.75) is 64.6 Å². The summed E-state index contributed by atoms with van der Waals surface area (Å²) in [7, 11) is 0. The minimum atomic E-state index is -0.159. The molecule has 1 amide bonds. The van der Waals surface area contributed by atoms with Crippen LogP contribution in [0.25, 0.3) is 0 Å². The quantitative estimate of drug-likeness (QED) is 0.788. The topological polar surface area (TPSA) is 89.1 Å². The molecule has 3 rings (SSSR count). The summed E-state index contributed by atoms with van der Waals surface area (Å²) in [6, 6.07) is 1.88. The number of aryl methyl sites for hydroxylation is 1. The number of rotatable bonds is 8. The number of amides is 1. The molecule has 3 heterocycles. The molecule has 0 saturated carbocycles. The first-order valence-electron chi connectivity index (χ1n) is 8.99. The lowest BCUT2D eigenvalue weighted by molar-refractivity contribution is -0.122. The molecule has 2 aromatic heterocycles. The lowest BCUT2D eigenvalue weighted by atomic mass is 10.1. The van der Waals surface area contributed by atoms with Gasteiger partial charge in [-0.3, -0.25) is 14.4 Å². The van der Waals surface area contributed by atoms with E-state index < -0.39 is 0 Å². The van der Waals surface area contributed by atoms with Crippen molar-refractivity contribution in [3.8, 4) is 0 Å². The highest BCUT2D eigenvalue weighted by Crippen LogP contribution is 2.25. The second-order valence-corrected chi connectivity index (χ2v) is 6.62. The first-order valence-corrected chi connectivity index (χ1v) is 8.99. The summed E-state index contributed by atoms with van der Waals surface area (Å²) >= 11 is 0. The second kappa shape index (κ2) is 8.24. The first-order chi connectivity index (χ1) is 12.2. The van der Waals surface area contributed by atoms with Gasteiger partial charge in [0.25, 0.3) is 0 Å². The average Bonchev–Trinajstić information content (AvgIpc) is 3.32. The van der Waals surface area contributed by atoms with Gasteiger partial charge in [0.15, 0.2) is 5.82 Å². The lowest BCUT2D eigenvalue weighted by Crippen LogP contribution is -2.47. The normalized spacial score (nSPS) is 19.2. The summed E-state index contributed by atoms with van der Waals surface area (Å²) in [5, 5.41) is 11.0. The van der Waals surface area contributed by atoms with Gasteiger partial charge < -0.3 is 9.84 Å². The van der Waals surface area contributed by atoms with Gasteiger partial charge in [-0.25, -0.2) is 4.98 Å². The number of nitrogens with one attached hydrogen (secondary N) is 1. The van der Waals surface area contributed by atoms with Crippen LogP contribution in [0.15, 0.2) is 23.2 Å². The van der Waals surface area contributed by atoms with Gasteiger partial charge in [-0.15, -0.1) is 0 Å². The molecule has 2 atom stereocenters. The van der Waals surface area contributed by atoms with Crippen molar-refractivity contribution in [1.29, 1.82) is 0 Å². The fourth-order valence-corrected chi connectivity index (χ4v) is 3.49. The maximum atomic E-state index is 12.9. The molecule has 0 aliphatic carbocycles. The molecule has 0 radical (unpaired) electrons. The number of hydrogen-bond donors (Lipinski definition) is 1. The average molecular weight is 346 g/mol. The standard InChI is InChI=1S/C17H26N6O2/c1-3-4-7-15(17(24)20-16-9-13(2)25-21-16)23-8-5-6-14(23)10-22-12-18-11-19-22/h9,11-12,14-15H,3-8,10H2,1-2H3,(H,20,21,24)/t14-,15+/m1/s1. The van der Waals surface area contributed by atoms with Gasteiger partial charge in [0, 0.05) is 12.1 Å². The Bertz CT molecular complexity index is 668. The van der Waals surface area contributed by atoms with E-state index >= 15 is 0 Å². The van der Waals surface area contributed by atoms with E-state index in [2.05, 4.69) is 32.4 Å². The van der Waals surface area contributed by atoms with Crippen LogP contribution in [-0.2, 0) is 11.3 Å². The summed E-state index contributed by atoms with van der Waals surface area (Å²) in [5.74, 6) is 1.16. The van der Waals surface area contributed by atoms with Crippen molar-refractivity contribution >= 4 is 11.7 Å². The van der Waals surface area contributed by atoms with Crippen LogP contribution in [-0.4, -0.2) is 49.4 Å². The third kappa shape index (κ3) is 4.45. The Morgan fingerprint density at radius 1 is 1.52 bits per heavy atom. The summed E-state index contributed by atoms with van der Waals surface area (Å²) < 4.78 is 6.89. The molecule has 2 aromatic rings. The fourth-order valence-electron chi connectivity index (χ4n) is 3.49. The van der Waals surface area contributed by atoms with E-state index in [0.717, 1.165) is 45.2 Å². The van der Waals surface area contributed by atoms with Gasteiger partial charge in [-0.2, -0.15) is 5.10 Å². The highest BCUT2D eigenvalue weighted by molar-refractivity contribution is 5.94. The van der Waals surface area contributed by atoms with Crippen LogP contribution < -0.4 is 5.32 Å². The Balaban J connectivity index is 1.70. The predicted molar refractivity (Wildman–Crippen MR) is 92.9 cm³/mol. The first kappa shape index (κ1) is 17.6. The Kier molecular flexibility index (Phi) is 5.80. The van der Waals surface area contributed by atoms with E-state index in [9.17, 15) is 4.79 Å². The van der Waals surface area contributed by atoms with Gasteiger partial charge >= 0.3 is 0 Å². The molecule has 0 spiro atoms. The molecule has 8 nitrogen and oxygen atoms in total. The van der Waals surface area contributed by atoms with Crippen molar-refractivity contribution in [2.24, 2.45) is 0 Å². The van der Waals surface area contributed by atoms with Crippen LogP contribution in [0.1, 0.15) is 44.8 Å². The largest absolute Gasteiger partial charge is 0.360 e. The van der Waals surface area contributed by atoms with Crippen LogP contribution in [0.3, 0.4) is 0 Å². The number of likely N-dealkylation sites (tertiary alicyclic amines) is 1. The Morgan fingerprint density at radius 2 is 2.40 bits per heavy atom. The van der Waals surface area contributed by atoms with E-state index in [1.54, 1.807) is 18.7 Å². The number of carbonyl (C=O) groups excluding carboxylic acids is 1. The second-order valence-electron chi connectivity index (χ2n) is 6.62. The molecule has 0 bridgehead atoms. The molecule has 25 heavy (non-hydrogen) atoms. The van der Waals surface area contributed by atoms with E-state index in [1.165, 1.54) is 0 Å². The van der Waals surface area contributed by atoms with Gasteiger partial charge in [0.05, 0.1) is 12.6 Å². The summed E-state index contributed by atoms with van der Waals surface area (Å²) in [5.41, 5.74) is 0. The Labute approximate surface area is 147 Å². The number of carbonyl (C=O) groups is 1. The SMILES string of the molecule is CCCC[C@@H](C(=O)Nc1cc(C)on1)N1CCC[C@@H]1Cn1cncn1. The zero-order valence-electron chi connectivity index (χ0n) is 14.9. The molecule has 136 valence electrons. The van der Waals surface area contributed by atoms with Crippen molar-refractivity contribution in [3.05, 3.63) is 24.5 Å². The van der Waals surface area contributed by atoms with Crippen molar-refractivity contribution in [1.82, 2.24) is 24.8 Å². The number of nitrogens with zero attached hydrogens (tertiary/aromatic N) is 5. The van der Waals surface area contributed by atoms with Crippen molar-refractivity contribution in [3.63, 3.8) is 0 Å². The summed E-state index contributed by atoms with van der Waals surface area (Å²) in [4.78, 5) is 19.2. The Morgan fingerprint density at radius 3 is 3.08 bits per heavy atom. The van der Waals surface area contributed by atoms with Crippen molar-refractivity contribution in [2.75, 3.05) is 11.9 Å². The maximum absolute atomic E-state index is 12.9. The zero-order chi connectivity index (χ0) is 17.6. The fraction of sp³-hybridized carbons (Fsp3) is 0.647. The monoisotopic (exact) mass is 346 g/mol. The van der Waals surface area contributed by atoms with E-state index in [-0.39, 0.29) is 11.9 Å². The maximum Gasteiger partial charge on any atom is 0.242 e. The van der Waals surface area contributed by atoms with Gasteiger partial charge in [0.2, 0.25) is 5.91 Å². The Hall–Kier alpha value is -2.22. The smallest absolute Gasteiger partial charge is 0.242 e. The molecule has 1 fully saturated rings. The molecule has 0 aromatic carbocycles. The van der Waals surface area contributed by atoms with Crippen LogP contribution in [0.5, 0.6) is 0 Å².